The predicted molar refractivity (Wildman–Crippen MR) is 37.9 cm³/mol. The lowest BCUT2D eigenvalue weighted by atomic mass is 11.3. The zero-order chi connectivity index (χ0) is 4.00. The van der Waals surface area contributed by atoms with Crippen molar-refractivity contribution in [3.8, 4) is 0 Å². The van der Waals surface area contributed by atoms with Crippen molar-refractivity contribution in [3.63, 3.8) is 0 Å². The molecule has 0 rings (SSSR count). The molecule has 0 saturated carbocycles. The minimum atomic E-state index is 0. The summed E-state index contributed by atoms with van der Waals surface area (Å²) in [7, 11) is 0. The largest absolute Gasteiger partial charge is 0.107 e. The second-order valence-corrected chi connectivity index (χ2v) is 0. The van der Waals surface area contributed by atoms with Crippen LogP contribution in [0.1, 0.15) is 0 Å². The summed E-state index contributed by atoms with van der Waals surface area (Å²) in [6, 6.07) is 0. The molecular formula is C4H9I. The lowest BCUT2D eigenvalue weighted by Crippen LogP contribution is -0.552. The Bertz CT molecular complexity index is 5.61. The summed E-state index contributed by atoms with van der Waals surface area (Å²) in [5, 5.41) is 0. The summed E-state index contributed by atoms with van der Waals surface area (Å²) in [5.74, 6) is 0. The molecule has 0 atom stereocenters. The van der Waals surface area contributed by atoms with Gasteiger partial charge in [-0.1, -0.05) is 0 Å². The van der Waals surface area contributed by atoms with E-state index in [4.69, 9.17) is 0 Å². The molecule has 0 aromatic rings. The fourth-order valence-electron chi connectivity index (χ4n) is 0. The van der Waals surface area contributed by atoms with E-state index in [1.54, 1.807) is 0 Å². The molecule has 0 bridgehead atoms. The summed E-state index contributed by atoms with van der Waals surface area (Å²) in [6.07, 6.45) is 0. The van der Waals surface area contributed by atoms with Crippen LogP contribution in [0.5, 0.6) is 0 Å². The molecule has 0 unspecified atom stereocenters. The van der Waals surface area contributed by atoms with Crippen molar-refractivity contribution >= 4 is 24.0 Å². The van der Waals surface area contributed by atoms with Crippen LogP contribution in [-0.4, -0.2) is 0 Å². The van der Waals surface area contributed by atoms with E-state index in [1.807, 2.05) is 0 Å². The Hall–Kier alpha value is 0.210. The van der Waals surface area contributed by atoms with Crippen molar-refractivity contribution < 1.29 is 0 Å². The summed E-state index contributed by atoms with van der Waals surface area (Å²) in [5.41, 5.74) is 0. The topological polar surface area (TPSA) is 0 Å². The zero-order valence-corrected chi connectivity index (χ0v) is 5.57. The molecule has 0 aromatic heterocycles. The Labute approximate surface area is 50.6 Å². The highest BCUT2D eigenvalue weighted by Gasteiger charge is 0.603. The van der Waals surface area contributed by atoms with Gasteiger partial charge in [0.15, 0.2) is 0 Å². The second kappa shape index (κ2) is 984. The van der Waals surface area contributed by atoms with E-state index in [-0.39, 0.29) is 24.0 Å². The Morgan fingerprint density at radius 1 is 0.600 bits per heavy atom. The van der Waals surface area contributed by atoms with E-state index in [9.17, 15) is 0 Å². The van der Waals surface area contributed by atoms with Crippen molar-refractivity contribution in [1.29, 1.82) is 0 Å². The highest BCUT2D eigenvalue weighted by molar-refractivity contribution is 14.0. The Morgan fingerprint density at radius 3 is 0.600 bits per heavy atom. The van der Waals surface area contributed by atoms with Crippen molar-refractivity contribution in [3.05, 3.63) is 26.3 Å². The summed E-state index contributed by atoms with van der Waals surface area (Å²) in [6.45, 7) is 12.0. The maximum absolute atomic E-state index is 3.00. The summed E-state index contributed by atoms with van der Waals surface area (Å²) >= 11 is 0. The number of rotatable bonds is 0. The van der Waals surface area contributed by atoms with Gasteiger partial charge in [-0.25, -0.2) is 0 Å². The van der Waals surface area contributed by atoms with E-state index >= 15 is 0 Å². The van der Waals surface area contributed by atoms with E-state index in [2.05, 4.69) is 26.3 Å². The maximum Gasteiger partial charge on any atom is -0.106 e. The van der Waals surface area contributed by atoms with Crippen LogP contribution in [0.25, 0.3) is 0 Å². The third-order valence-corrected chi connectivity index (χ3v) is 0. The first-order valence-corrected chi connectivity index (χ1v) is 1.000. The first kappa shape index (κ1) is 18.9. The standard InChI is InChI=1S/2C2H4.HI/c2*1-2;/h2*1-2H2;1H. The minimum absolute atomic E-state index is 0. The first-order valence-electron chi connectivity index (χ1n) is 1.000. The molecule has 0 heterocycles. The van der Waals surface area contributed by atoms with Crippen molar-refractivity contribution in [2.45, 2.75) is 0 Å². The maximum atomic E-state index is 3.00. The molecule has 1 heteroatoms. The van der Waals surface area contributed by atoms with Crippen LogP contribution in [0.15, 0.2) is 26.3 Å². The molecule has 0 fully saturated rings. The van der Waals surface area contributed by atoms with Crippen LogP contribution in [-0.2, 0) is 0 Å². The molecule has 0 N–H and O–H groups in total. The molecule has 0 aliphatic rings. The monoisotopic (exact) mass is 184 g/mol. The van der Waals surface area contributed by atoms with Crippen LogP contribution in [0.2, 0.25) is 0 Å². The molecule has 0 aliphatic carbocycles. The Kier molecular flexibility index (Phi) is 3720. The molecule has 0 aromatic carbocycles. The normalized spacial score (nSPS) is 1.60. The zero-order valence-electron chi connectivity index (χ0n) is 3.24. The lowest BCUT2D eigenvalue weighted by Gasteiger charge is -0.813. The highest BCUT2D eigenvalue weighted by atomic mass is 127. The van der Waals surface area contributed by atoms with Crippen molar-refractivity contribution in [2.24, 2.45) is 0 Å². The molecule has 0 nitrogen and oxygen atoms in total. The van der Waals surface area contributed by atoms with Gasteiger partial charge >= 0.3 is 0 Å². The van der Waals surface area contributed by atoms with Gasteiger partial charge < -0.3 is 0 Å². The van der Waals surface area contributed by atoms with Crippen LogP contribution in [0.4, 0.5) is 0 Å². The van der Waals surface area contributed by atoms with Gasteiger partial charge in [0.1, 0.15) is 0 Å². The van der Waals surface area contributed by atoms with Crippen molar-refractivity contribution in [1.82, 2.24) is 0 Å². The number of hydrogen-bond donors (Lipinski definition) is 0. The minimum Gasteiger partial charge on any atom is -0.107 e. The van der Waals surface area contributed by atoms with Gasteiger partial charge in [-0.2, -0.15) is 0 Å². The van der Waals surface area contributed by atoms with E-state index in [1.165, 1.54) is 0 Å². The van der Waals surface area contributed by atoms with Crippen LogP contribution < -0.4 is 0 Å². The van der Waals surface area contributed by atoms with Gasteiger partial charge in [-0.15, -0.1) is 50.3 Å². The van der Waals surface area contributed by atoms with E-state index in [0.29, 0.717) is 0 Å². The Morgan fingerprint density at radius 2 is 0.600 bits per heavy atom. The van der Waals surface area contributed by atoms with Gasteiger partial charge in [0, 0.05) is 0 Å². The Balaban J connectivity index is -0.0000000133. The SMILES string of the molecule is C=C.C=C.I. The highest BCUT2D eigenvalue weighted by Crippen LogP contribution is 0.886. The fourth-order valence-corrected chi connectivity index (χ4v) is 0. The quantitative estimate of drug-likeness (QED) is 0.400. The molecule has 5 heavy (non-hydrogen) atoms. The third kappa shape index (κ3) is 466. The van der Waals surface area contributed by atoms with Gasteiger partial charge in [-0.05, 0) is 0 Å². The van der Waals surface area contributed by atoms with Gasteiger partial charge in [0.05, 0.1) is 0 Å². The van der Waals surface area contributed by atoms with Gasteiger partial charge in [0.2, 0.25) is 0 Å². The molecular weight excluding hydrogens is 175 g/mol. The number of halogens is 1. The number of hydrogen-bond acceptors (Lipinski definition) is 0. The second-order valence-electron chi connectivity index (χ2n) is 0. The van der Waals surface area contributed by atoms with Crippen LogP contribution >= 0.6 is 24.0 Å². The van der Waals surface area contributed by atoms with E-state index in [0.717, 1.165) is 0 Å². The third-order valence-electron chi connectivity index (χ3n) is 0. The first-order chi connectivity index (χ1) is 2.00. The van der Waals surface area contributed by atoms with Gasteiger partial charge in [-0.3, -0.25) is 0 Å². The van der Waals surface area contributed by atoms with Crippen molar-refractivity contribution in [2.75, 3.05) is 0 Å². The average molecular weight is 184 g/mol. The van der Waals surface area contributed by atoms with Crippen LogP contribution in [0, 0.1) is 0 Å². The summed E-state index contributed by atoms with van der Waals surface area (Å²) < 4.78 is 0. The molecule has 0 amide bonds. The average Bonchev–Trinajstić information content (AvgIpc) is 1.50. The molecule has 0 saturated heterocycles. The van der Waals surface area contributed by atoms with Crippen LogP contribution in [0.3, 0.4) is 0 Å². The summed E-state index contributed by atoms with van der Waals surface area (Å²) in [4.78, 5) is 0. The predicted octanol–water partition coefficient (Wildman–Crippen LogP) is 2.22. The lowest BCUT2D eigenvalue weighted by molar-refractivity contribution is 2.81. The molecule has 0 radical (unpaired) electrons. The smallest absolute Gasteiger partial charge is 0.106 e. The van der Waals surface area contributed by atoms with Gasteiger partial charge in [0.25, 0.3) is 0 Å². The molecule has 0 spiro atoms. The molecule has 32 valence electrons. The molecule has 0 aliphatic heterocycles. The fraction of sp³-hybridized carbons (Fsp3) is 0. The van der Waals surface area contributed by atoms with E-state index < -0.39 is 0 Å².